The van der Waals surface area contributed by atoms with Gasteiger partial charge in [0.1, 0.15) is 5.82 Å². The molecule has 1 heterocycles. The fourth-order valence-electron chi connectivity index (χ4n) is 1.36. The first-order chi connectivity index (χ1) is 9.69. The van der Waals surface area contributed by atoms with E-state index in [2.05, 4.69) is 15.5 Å². The molecule has 1 aromatic carbocycles. The summed E-state index contributed by atoms with van der Waals surface area (Å²) in [4.78, 5) is 11.7. The van der Waals surface area contributed by atoms with Crippen molar-refractivity contribution in [1.82, 2.24) is 10.2 Å². The molecule has 0 radical (unpaired) electrons. The summed E-state index contributed by atoms with van der Waals surface area (Å²) in [6.07, 6.45) is 2.69. The Balaban J connectivity index is 1.96. The summed E-state index contributed by atoms with van der Waals surface area (Å²) >= 11 is 2.87. The van der Waals surface area contributed by atoms with Gasteiger partial charge in [-0.15, -0.1) is 10.2 Å². The number of carbonyl (C=O) groups excluding carboxylic acids is 1. The Hall–Kier alpha value is -1.73. The van der Waals surface area contributed by atoms with E-state index in [1.165, 1.54) is 29.6 Å². The summed E-state index contributed by atoms with van der Waals surface area (Å²) in [5, 5.41) is 10.8. The van der Waals surface area contributed by atoms with Crippen molar-refractivity contribution in [2.75, 3.05) is 11.1 Å². The van der Waals surface area contributed by atoms with Crippen LogP contribution in [0.15, 0.2) is 34.7 Å². The molecule has 0 spiro atoms. The Morgan fingerprint density at radius 2 is 2.25 bits per heavy atom. The standard InChI is InChI=1S/C13H12FN3OS2/c1-2-19-13-17-16-12(20-13)15-11(18)8-7-9-5-3-4-6-10(9)14/h3-8H,2H2,1H3,(H,15,16,18)/b8-7+. The largest absolute Gasteiger partial charge is 0.297 e. The number of rotatable bonds is 5. The number of benzene rings is 1. The van der Waals surface area contributed by atoms with Crippen molar-refractivity contribution in [2.45, 2.75) is 11.3 Å². The molecule has 0 fully saturated rings. The van der Waals surface area contributed by atoms with E-state index in [1.807, 2.05) is 6.92 Å². The molecule has 0 aliphatic rings. The number of aromatic nitrogens is 2. The van der Waals surface area contributed by atoms with Crippen LogP contribution in [0.5, 0.6) is 0 Å². The first-order valence-corrected chi connectivity index (χ1v) is 7.69. The number of anilines is 1. The molecule has 0 unspecified atom stereocenters. The van der Waals surface area contributed by atoms with Gasteiger partial charge >= 0.3 is 0 Å². The molecule has 0 bridgehead atoms. The lowest BCUT2D eigenvalue weighted by Crippen LogP contribution is -2.07. The zero-order valence-electron chi connectivity index (χ0n) is 10.7. The molecule has 1 amide bonds. The molecule has 2 aromatic rings. The Morgan fingerprint density at radius 3 is 3.00 bits per heavy atom. The minimum atomic E-state index is -0.367. The van der Waals surface area contributed by atoms with Crippen LogP contribution in [-0.4, -0.2) is 21.9 Å². The topological polar surface area (TPSA) is 54.9 Å². The third-order valence-electron chi connectivity index (χ3n) is 2.22. The Bertz CT molecular complexity index is 628. The summed E-state index contributed by atoms with van der Waals surface area (Å²) in [7, 11) is 0. The lowest BCUT2D eigenvalue weighted by molar-refractivity contribution is -0.111. The molecule has 7 heteroatoms. The number of halogens is 1. The summed E-state index contributed by atoms with van der Waals surface area (Å²) in [5.41, 5.74) is 0.363. The highest BCUT2D eigenvalue weighted by molar-refractivity contribution is 8.01. The van der Waals surface area contributed by atoms with Gasteiger partial charge < -0.3 is 0 Å². The van der Waals surface area contributed by atoms with Crippen molar-refractivity contribution in [3.8, 4) is 0 Å². The van der Waals surface area contributed by atoms with Crippen LogP contribution in [0.4, 0.5) is 9.52 Å². The number of nitrogens with one attached hydrogen (secondary N) is 1. The van der Waals surface area contributed by atoms with Crippen LogP contribution < -0.4 is 5.32 Å². The molecular formula is C13H12FN3OS2. The number of amides is 1. The van der Waals surface area contributed by atoms with E-state index in [0.717, 1.165) is 10.1 Å². The monoisotopic (exact) mass is 309 g/mol. The highest BCUT2D eigenvalue weighted by Gasteiger charge is 2.06. The van der Waals surface area contributed by atoms with Crippen molar-refractivity contribution in [3.63, 3.8) is 0 Å². The smallest absolute Gasteiger partial charge is 0.250 e. The van der Waals surface area contributed by atoms with E-state index in [-0.39, 0.29) is 11.7 Å². The average Bonchev–Trinajstić information content (AvgIpc) is 2.85. The third kappa shape index (κ3) is 4.14. The zero-order chi connectivity index (χ0) is 14.4. The molecular weight excluding hydrogens is 297 g/mol. The van der Waals surface area contributed by atoms with Crippen LogP contribution in [0.25, 0.3) is 6.08 Å². The summed E-state index contributed by atoms with van der Waals surface area (Å²) in [6.45, 7) is 2.02. The van der Waals surface area contributed by atoms with Gasteiger partial charge in [-0.3, -0.25) is 10.1 Å². The highest BCUT2D eigenvalue weighted by Crippen LogP contribution is 2.24. The molecule has 0 atom stereocenters. The van der Waals surface area contributed by atoms with E-state index in [4.69, 9.17) is 0 Å². The van der Waals surface area contributed by atoms with Crippen molar-refractivity contribution in [3.05, 3.63) is 41.7 Å². The fraction of sp³-hybridized carbons (Fsp3) is 0.154. The number of hydrogen-bond acceptors (Lipinski definition) is 5. The number of carbonyl (C=O) groups is 1. The predicted molar refractivity (Wildman–Crippen MR) is 80.4 cm³/mol. The second kappa shape index (κ2) is 7.16. The van der Waals surface area contributed by atoms with Gasteiger partial charge in [0.05, 0.1) is 0 Å². The molecule has 1 N–H and O–H groups in total. The van der Waals surface area contributed by atoms with Gasteiger partial charge in [0.25, 0.3) is 0 Å². The van der Waals surface area contributed by atoms with Crippen molar-refractivity contribution >= 4 is 40.2 Å². The van der Waals surface area contributed by atoms with E-state index >= 15 is 0 Å². The summed E-state index contributed by atoms with van der Waals surface area (Å²) < 4.78 is 14.2. The maximum Gasteiger partial charge on any atom is 0.250 e. The molecule has 2 rings (SSSR count). The van der Waals surface area contributed by atoms with Crippen LogP contribution in [0, 0.1) is 5.82 Å². The second-order valence-electron chi connectivity index (χ2n) is 3.65. The molecule has 0 aliphatic carbocycles. The van der Waals surface area contributed by atoms with Gasteiger partial charge in [0.15, 0.2) is 4.34 Å². The van der Waals surface area contributed by atoms with Gasteiger partial charge in [-0.1, -0.05) is 48.2 Å². The number of nitrogens with zero attached hydrogens (tertiary/aromatic N) is 2. The summed E-state index contributed by atoms with van der Waals surface area (Å²) in [5.74, 6) is 0.169. The van der Waals surface area contributed by atoms with E-state index in [1.54, 1.807) is 30.0 Å². The molecule has 0 saturated heterocycles. The number of thioether (sulfide) groups is 1. The third-order valence-corrected chi connectivity index (χ3v) is 4.08. The normalized spacial score (nSPS) is 10.9. The fourth-order valence-corrected chi connectivity index (χ4v) is 3.02. The van der Waals surface area contributed by atoms with Crippen molar-refractivity contribution in [2.24, 2.45) is 0 Å². The lowest BCUT2D eigenvalue weighted by Gasteiger charge is -1.96. The average molecular weight is 309 g/mol. The second-order valence-corrected chi connectivity index (χ2v) is 6.14. The lowest BCUT2D eigenvalue weighted by atomic mass is 10.2. The van der Waals surface area contributed by atoms with Crippen molar-refractivity contribution < 1.29 is 9.18 Å². The predicted octanol–water partition coefficient (Wildman–Crippen LogP) is 3.44. The number of hydrogen-bond donors (Lipinski definition) is 1. The quantitative estimate of drug-likeness (QED) is 0.522. The van der Waals surface area contributed by atoms with Crippen LogP contribution in [-0.2, 0) is 4.79 Å². The van der Waals surface area contributed by atoms with E-state index < -0.39 is 0 Å². The van der Waals surface area contributed by atoms with Gasteiger partial charge in [0.2, 0.25) is 11.0 Å². The first-order valence-electron chi connectivity index (χ1n) is 5.89. The Morgan fingerprint density at radius 1 is 1.45 bits per heavy atom. The SMILES string of the molecule is CCSc1nnc(NC(=O)/C=C/c2ccccc2F)s1. The van der Waals surface area contributed by atoms with Crippen LogP contribution in [0.1, 0.15) is 12.5 Å². The molecule has 104 valence electrons. The maximum absolute atomic E-state index is 13.3. The van der Waals surface area contributed by atoms with Crippen LogP contribution >= 0.6 is 23.1 Å². The van der Waals surface area contributed by atoms with E-state index in [9.17, 15) is 9.18 Å². The highest BCUT2D eigenvalue weighted by atomic mass is 32.2. The van der Waals surface area contributed by atoms with Crippen LogP contribution in [0.2, 0.25) is 0 Å². The zero-order valence-corrected chi connectivity index (χ0v) is 12.3. The Labute approximate surface area is 124 Å². The molecule has 0 aliphatic heterocycles. The first kappa shape index (κ1) is 14.7. The molecule has 4 nitrogen and oxygen atoms in total. The van der Waals surface area contributed by atoms with Gasteiger partial charge in [-0.2, -0.15) is 0 Å². The van der Waals surface area contributed by atoms with Crippen LogP contribution in [0.3, 0.4) is 0 Å². The van der Waals surface area contributed by atoms with Crippen molar-refractivity contribution in [1.29, 1.82) is 0 Å². The minimum absolute atomic E-state index is 0.363. The molecule has 20 heavy (non-hydrogen) atoms. The van der Waals surface area contributed by atoms with Gasteiger partial charge in [-0.05, 0) is 17.9 Å². The minimum Gasteiger partial charge on any atom is -0.297 e. The maximum atomic E-state index is 13.3. The van der Waals surface area contributed by atoms with Gasteiger partial charge in [-0.25, -0.2) is 4.39 Å². The van der Waals surface area contributed by atoms with E-state index in [0.29, 0.717) is 10.7 Å². The molecule has 0 saturated carbocycles. The molecule has 1 aromatic heterocycles. The summed E-state index contributed by atoms with van der Waals surface area (Å²) in [6, 6.07) is 6.25. The van der Waals surface area contributed by atoms with Gasteiger partial charge in [0, 0.05) is 11.6 Å². The Kier molecular flexibility index (Phi) is 5.25.